The number of carbonyl (C=O) groups is 1. The SMILES string of the molecule is COc1cccc(F)c1-c1ncc(-c2ccc(-c3cnccc3C#N)cc2[C@H]2CC[C@@H](N)CC2)c(C(N)=O)n1. The number of nitriles is 1. The predicted octanol–water partition coefficient (Wildman–Crippen LogP) is 4.98. The Morgan fingerprint density at radius 3 is 2.59 bits per heavy atom. The first-order chi connectivity index (χ1) is 18.9. The molecule has 0 radical (unpaired) electrons. The lowest BCUT2D eigenvalue weighted by atomic mass is 9.78. The van der Waals surface area contributed by atoms with Crippen molar-refractivity contribution in [1.82, 2.24) is 15.0 Å². The van der Waals surface area contributed by atoms with Crippen molar-refractivity contribution in [2.45, 2.75) is 37.6 Å². The molecule has 1 aliphatic carbocycles. The molecule has 196 valence electrons. The molecule has 0 unspecified atom stereocenters. The number of primary amides is 1. The third kappa shape index (κ3) is 5.07. The second-order valence-corrected chi connectivity index (χ2v) is 9.58. The van der Waals surface area contributed by atoms with Gasteiger partial charge in [0.25, 0.3) is 5.91 Å². The van der Waals surface area contributed by atoms with Gasteiger partial charge in [-0.25, -0.2) is 14.4 Å². The highest BCUT2D eigenvalue weighted by Gasteiger charge is 2.26. The van der Waals surface area contributed by atoms with E-state index in [9.17, 15) is 14.4 Å². The van der Waals surface area contributed by atoms with E-state index < -0.39 is 11.7 Å². The first-order valence-electron chi connectivity index (χ1n) is 12.6. The maximum absolute atomic E-state index is 14.8. The van der Waals surface area contributed by atoms with Crippen molar-refractivity contribution < 1.29 is 13.9 Å². The van der Waals surface area contributed by atoms with Gasteiger partial charge in [0.1, 0.15) is 17.3 Å². The van der Waals surface area contributed by atoms with Gasteiger partial charge in [-0.1, -0.05) is 24.3 Å². The van der Waals surface area contributed by atoms with Gasteiger partial charge in [-0.15, -0.1) is 0 Å². The van der Waals surface area contributed by atoms with Crippen LogP contribution in [0.15, 0.2) is 61.1 Å². The molecule has 5 rings (SSSR count). The Labute approximate surface area is 225 Å². The third-order valence-electron chi connectivity index (χ3n) is 7.25. The van der Waals surface area contributed by atoms with Crippen LogP contribution in [0, 0.1) is 17.1 Å². The largest absolute Gasteiger partial charge is 0.496 e. The minimum atomic E-state index is -0.760. The molecule has 0 saturated heterocycles. The highest BCUT2D eigenvalue weighted by atomic mass is 19.1. The van der Waals surface area contributed by atoms with E-state index in [4.69, 9.17) is 16.2 Å². The van der Waals surface area contributed by atoms with Gasteiger partial charge in [-0.05, 0) is 66.5 Å². The summed E-state index contributed by atoms with van der Waals surface area (Å²) in [5.41, 5.74) is 16.3. The van der Waals surface area contributed by atoms with Crippen molar-refractivity contribution in [3.63, 3.8) is 0 Å². The average Bonchev–Trinajstić information content (AvgIpc) is 2.96. The summed E-state index contributed by atoms with van der Waals surface area (Å²) in [5, 5.41) is 9.64. The van der Waals surface area contributed by atoms with E-state index in [0.29, 0.717) is 16.7 Å². The minimum Gasteiger partial charge on any atom is -0.496 e. The lowest BCUT2D eigenvalue weighted by molar-refractivity contribution is 0.0996. The van der Waals surface area contributed by atoms with Crippen LogP contribution >= 0.6 is 0 Å². The van der Waals surface area contributed by atoms with Crippen molar-refractivity contribution in [3.05, 3.63) is 83.7 Å². The highest BCUT2D eigenvalue weighted by molar-refractivity contribution is 5.99. The fourth-order valence-corrected chi connectivity index (χ4v) is 5.24. The van der Waals surface area contributed by atoms with E-state index in [2.05, 4.69) is 21.0 Å². The molecule has 4 N–H and O–H groups in total. The van der Waals surface area contributed by atoms with Crippen molar-refractivity contribution in [2.24, 2.45) is 11.5 Å². The Kier molecular flexibility index (Phi) is 7.30. The number of hydrogen-bond acceptors (Lipinski definition) is 7. The molecule has 1 saturated carbocycles. The number of aromatic nitrogens is 3. The topological polar surface area (TPSA) is 141 Å². The van der Waals surface area contributed by atoms with Crippen molar-refractivity contribution in [3.8, 4) is 45.5 Å². The number of carbonyl (C=O) groups excluding carboxylic acids is 1. The molecule has 4 aromatic rings. The number of benzene rings is 2. The molecule has 2 heterocycles. The van der Waals surface area contributed by atoms with E-state index in [1.165, 1.54) is 25.4 Å². The quantitative estimate of drug-likeness (QED) is 0.364. The summed E-state index contributed by atoms with van der Waals surface area (Å²) < 4.78 is 20.1. The summed E-state index contributed by atoms with van der Waals surface area (Å²) in [4.78, 5) is 25.7. The molecule has 0 bridgehead atoms. The number of nitrogens with two attached hydrogens (primary N) is 2. The molecule has 2 aromatic heterocycles. The number of ether oxygens (including phenoxy) is 1. The number of halogens is 1. The zero-order valence-corrected chi connectivity index (χ0v) is 21.4. The van der Waals surface area contributed by atoms with E-state index in [-0.39, 0.29) is 34.8 Å². The Balaban J connectivity index is 1.69. The van der Waals surface area contributed by atoms with E-state index in [0.717, 1.165) is 42.4 Å². The van der Waals surface area contributed by atoms with E-state index in [1.54, 1.807) is 24.5 Å². The van der Waals surface area contributed by atoms with E-state index in [1.807, 2.05) is 18.2 Å². The molecule has 2 aromatic carbocycles. The Bertz CT molecular complexity index is 1590. The van der Waals surface area contributed by atoms with Crippen molar-refractivity contribution in [1.29, 1.82) is 5.26 Å². The number of amides is 1. The molecule has 0 atom stereocenters. The number of pyridine rings is 1. The summed E-state index contributed by atoms with van der Waals surface area (Å²) in [7, 11) is 1.42. The summed E-state index contributed by atoms with van der Waals surface area (Å²) in [6.45, 7) is 0. The first kappa shape index (κ1) is 25.9. The zero-order chi connectivity index (χ0) is 27.5. The van der Waals surface area contributed by atoms with Crippen molar-refractivity contribution >= 4 is 5.91 Å². The number of methoxy groups -OCH3 is 1. The van der Waals surface area contributed by atoms with Gasteiger partial charge in [-0.2, -0.15) is 5.26 Å². The Morgan fingerprint density at radius 2 is 1.87 bits per heavy atom. The Hall–Kier alpha value is -4.68. The van der Waals surface area contributed by atoms with Gasteiger partial charge in [-0.3, -0.25) is 9.78 Å². The number of rotatable bonds is 6. The lowest BCUT2D eigenvalue weighted by Crippen LogP contribution is -2.26. The maximum atomic E-state index is 14.8. The molecule has 0 spiro atoms. The Morgan fingerprint density at radius 1 is 1.08 bits per heavy atom. The van der Waals surface area contributed by atoms with Gasteiger partial charge in [0, 0.05) is 35.8 Å². The first-order valence-corrected chi connectivity index (χ1v) is 12.6. The minimum absolute atomic E-state index is 0.00154. The van der Waals surface area contributed by atoms with Gasteiger partial charge < -0.3 is 16.2 Å². The van der Waals surface area contributed by atoms with E-state index >= 15 is 0 Å². The van der Waals surface area contributed by atoms with Crippen LogP contribution in [-0.4, -0.2) is 34.0 Å². The number of hydrogen-bond donors (Lipinski definition) is 2. The predicted molar refractivity (Wildman–Crippen MR) is 145 cm³/mol. The number of nitrogens with zero attached hydrogens (tertiary/aromatic N) is 4. The van der Waals surface area contributed by atoms with Crippen LogP contribution in [0.1, 0.15) is 53.2 Å². The van der Waals surface area contributed by atoms with Crippen molar-refractivity contribution in [2.75, 3.05) is 7.11 Å². The summed E-state index contributed by atoms with van der Waals surface area (Å²) in [6.07, 6.45) is 8.24. The molecule has 9 heteroatoms. The van der Waals surface area contributed by atoms with Gasteiger partial charge >= 0.3 is 0 Å². The van der Waals surface area contributed by atoms with Crippen LogP contribution < -0.4 is 16.2 Å². The molecule has 0 aliphatic heterocycles. The molecule has 8 nitrogen and oxygen atoms in total. The average molecular weight is 523 g/mol. The maximum Gasteiger partial charge on any atom is 0.268 e. The highest BCUT2D eigenvalue weighted by Crippen LogP contribution is 2.41. The fourth-order valence-electron chi connectivity index (χ4n) is 5.24. The monoisotopic (exact) mass is 522 g/mol. The molecular formula is C30H27FN6O2. The standard InChI is InChI=1S/C30H27FN6O2/c1-39-26-4-2-3-25(31)27(26)30-36-16-24(28(37-30)29(34)38)21-10-7-18(23-15-35-12-11-19(23)14-32)13-22(21)17-5-8-20(33)9-6-17/h2-4,7,10-13,15-17,20H,5-6,8-9,33H2,1H3,(H2,34,38)/t17-,20+. The van der Waals surface area contributed by atoms with Crippen LogP contribution in [0.25, 0.3) is 33.6 Å². The summed E-state index contributed by atoms with van der Waals surface area (Å²) >= 11 is 0. The van der Waals surface area contributed by atoms with Gasteiger partial charge in [0.05, 0.1) is 24.3 Å². The van der Waals surface area contributed by atoms with Crippen LogP contribution in [0.3, 0.4) is 0 Å². The normalized spacial score (nSPS) is 16.9. The fraction of sp³-hybridized carbons (Fsp3) is 0.233. The molecule has 1 amide bonds. The summed E-state index contributed by atoms with van der Waals surface area (Å²) in [6, 6.07) is 14.2. The van der Waals surface area contributed by atoms with Crippen LogP contribution in [0.2, 0.25) is 0 Å². The smallest absolute Gasteiger partial charge is 0.268 e. The summed E-state index contributed by atoms with van der Waals surface area (Å²) in [5.74, 6) is -0.937. The van der Waals surface area contributed by atoms with Crippen LogP contribution in [-0.2, 0) is 0 Å². The van der Waals surface area contributed by atoms with Crippen LogP contribution in [0.5, 0.6) is 5.75 Å². The third-order valence-corrected chi connectivity index (χ3v) is 7.25. The molecular weight excluding hydrogens is 495 g/mol. The van der Waals surface area contributed by atoms with Crippen LogP contribution in [0.4, 0.5) is 4.39 Å². The lowest BCUT2D eigenvalue weighted by Gasteiger charge is -2.28. The second kappa shape index (κ2) is 11.0. The van der Waals surface area contributed by atoms with Gasteiger partial charge in [0.15, 0.2) is 5.82 Å². The van der Waals surface area contributed by atoms with Gasteiger partial charge in [0.2, 0.25) is 0 Å². The zero-order valence-electron chi connectivity index (χ0n) is 21.4. The molecule has 39 heavy (non-hydrogen) atoms. The molecule has 1 aliphatic rings. The second-order valence-electron chi connectivity index (χ2n) is 9.58. The molecule has 1 fully saturated rings.